The largest absolute Gasteiger partial charge is 0.374 e. The predicted molar refractivity (Wildman–Crippen MR) is 81.7 cm³/mol. The van der Waals surface area contributed by atoms with E-state index in [9.17, 15) is 4.79 Å². The minimum atomic E-state index is -0.154. The van der Waals surface area contributed by atoms with Crippen molar-refractivity contribution in [2.45, 2.75) is 37.1 Å². The zero-order valence-corrected chi connectivity index (χ0v) is 12.5. The molecule has 0 bridgehead atoms. The molecular weight excluding hydrogens is 256 g/mol. The second-order valence-corrected chi connectivity index (χ2v) is 5.86. The van der Waals surface area contributed by atoms with E-state index >= 15 is 0 Å². The lowest BCUT2D eigenvalue weighted by Gasteiger charge is -2.29. The van der Waals surface area contributed by atoms with Gasteiger partial charge in [-0.2, -0.15) is 0 Å². The first-order chi connectivity index (χ1) is 9.20. The fourth-order valence-electron chi connectivity index (χ4n) is 2.39. The second kappa shape index (κ2) is 6.85. The molecule has 0 saturated carbocycles. The fourth-order valence-corrected chi connectivity index (χ4v) is 2.80. The highest BCUT2D eigenvalue weighted by atomic mass is 32.2. The monoisotopic (exact) mass is 278 g/mol. The Morgan fingerprint density at radius 1 is 1.21 bits per heavy atom. The van der Waals surface area contributed by atoms with E-state index in [4.69, 9.17) is 0 Å². The van der Waals surface area contributed by atoms with Gasteiger partial charge in [0.2, 0.25) is 5.91 Å². The van der Waals surface area contributed by atoms with Gasteiger partial charge in [-0.3, -0.25) is 4.79 Å². The molecule has 1 N–H and O–H groups in total. The minimum Gasteiger partial charge on any atom is -0.374 e. The molecule has 1 fully saturated rings. The number of benzene rings is 1. The molecule has 104 valence electrons. The Hall–Kier alpha value is -1.16. The molecule has 1 unspecified atom stereocenters. The van der Waals surface area contributed by atoms with Crippen molar-refractivity contribution in [3.05, 3.63) is 24.3 Å². The molecular formula is C15H22N2OS. The minimum absolute atomic E-state index is 0.154. The standard InChI is InChI=1S/C15H22N2OS/c1-12(15(18)17-10-4-3-5-11-17)16-13-6-8-14(19-2)9-7-13/h6-9,12,16H,3-5,10-11H2,1-2H3. The summed E-state index contributed by atoms with van der Waals surface area (Å²) in [6.07, 6.45) is 5.59. The van der Waals surface area contributed by atoms with E-state index in [0.29, 0.717) is 0 Å². The van der Waals surface area contributed by atoms with Gasteiger partial charge in [0.1, 0.15) is 6.04 Å². The number of anilines is 1. The topological polar surface area (TPSA) is 32.3 Å². The molecule has 1 atom stereocenters. The number of rotatable bonds is 4. The molecule has 0 spiro atoms. The number of carbonyl (C=O) groups is 1. The Kier molecular flexibility index (Phi) is 5.14. The number of carbonyl (C=O) groups excluding carboxylic acids is 1. The Balaban J connectivity index is 1.91. The number of hydrogen-bond acceptors (Lipinski definition) is 3. The highest BCUT2D eigenvalue weighted by Crippen LogP contribution is 2.18. The summed E-state index contributed by atoms with van der Waals surface area (Å²) in [5.74, 6) is 0.216. The summed E-state index contributed by atoms with van der Waals surface area (Å²) < 4.78 is 0. The zero-order chi connectivity index (χ0) is 13.7. The summed E-state index contributed by atoms with van der Waals surface area (Å²) in [4.78, 5) is 15.5. The zero-order valence-electron chi connectivity index (χ0n) is 11.7. The van der Waals surface area contributed by atoms with E-state index in [-0.39, 0.29) is 11.9 Å². The van der Waals surface area contributed by atoms with Crippen molar-refractivity contribution in [2.75, 3.05) is 24.7 Å². The summed E-state index contributed by atoms with van der Waals surface area (Å²) >= 11 is 1.72. The number of amides is 1. The van der Waals surface area contributed by atoms with Crippen LogP contribution in [0.1, 0.15) is 26.2 Å². The summed E-state index contributed by atoms with van der Waals surface area (Å²) in [6, 6.07) is 8.06. The van der Waals surface area contributed by atoms with Crippen LogP contribution in [0.15, 0.2) is 29.2 Å². The van der Waals surface area contributed by atoms with Crippen molar-refractivity contribution in [3.8, 4) is 0 Å². The average molecular weight is 278 g/mol. The van der Waals surface area contributed by atoms with Crippen LogP contribution in [-0.4, -0.2) is 36.2 Å². The molecule has 1 heterocycles. The number of thioether (sulfide) groups is 1. The van der Waals surface area contributed by atoms with Crippen molar-refractivity contribution >= 4 is 23.4 Å². The molecule has 1 amide bonds. The lowest BCUT2D eigenvalue weighted by Crippen LogP contribution is -2.43. The first-order valence-electron chi connectivity index (χ1n) is 6.90. The lowest BCUT2D eigenvalue weighted by atomic mass is 10.1. The van der Waals surface area contributed by atoms with E-state index < -0.39 is 0 Å². The van der Waals surface area contributed by atoms with E-state index in [0.717, 1.165) is 31.6 Å². The van der Waals surface area contributed by atoms with Gasteiger partial charge in [0.15, 0.2) is 0 Å². The van der Waals surface area contributed by atoms with Crippen LogP contribution in [0.3, 0.4) is 0 Å². The van der Waals surface area contributed by atoms with Crippen molar-refractivity contribution in [1.29, 1.82) is 0 Å². The average Bonchev–Trinajstić information content (AvgIpc) is 2.48. The van der Waals surface area contributed by atoms with Crippen LogP contribution in [0, 0.1) is 0 Å². The highest BCUT2D eigenvalue weighted by molar-refractivity contribution is 7.98. The first-order valence-corrected chi connectivity index (χ1v) is 8.12. The van der Waals surface area contributed by atoms with Gasteiger partial charge >= 0.3 is 0 Å². The lowest BCUT2D eigenvalue weighted by molar-refractivity contribution is -0.132. The second-order valence-electron chi connectivity index (χ2n) is 4.98. The third-order valence-corrected chi connectivity index (χ3v) is 4.25. The molecule has 2 rings (SSSR count). The quantitative estimate of drug-likeness (QED) is 0.858. The Bertz CT molecular complexity index is 413. The molecule has 0 aromatic heterocycles. The van der Waals surface area contributed by atoms with Crippen LogP contribution in [0.2, 0.25) is 0 Å². The number of hydrogen-bond donors (Lipinski definition) is 1. The van der Waals surface area contributed by atoms with E-state index in [2.05, 4.69) is 23.7 Å². The molecule has 1 aliphatic rings. The van der Waals surface area contributed by atoms with Gasteiger partial charge in [0, 0.05) is 23.7 Å². The Labute approximate surface area is 119 Å². The maximum Gasteiger partial charge on any atom is 0.244 e. The first kappa shape index (κ1) is 14.3. The number of likely N-dealkylation sites (tertiary alicyclic amines) is 1. The van der Waals surface area contributed by atoms with E-state index in [1.165, 1.54) is 11.3 Å². The molecule has 0 aliphatic carbocycles. The third-order valence-electron chi connectivity index (χ3n) is 3.51. The van der Waals surface area contributed by atoms with Gasteiger partial charge in [-0.25, -0.2) is 0 Å². The van der Waals surface area contributed by atoms with Crippen LogP contribution >= 0.6 is 11.8 Å². The Morgan fingerprint density at radius 3 is 2.42 bits per heavy atom. The van der Waals surface area contributed by atoms with Gasteiger partial charge in [-0.05, 0) is 56.7 Å². The van der Waals surface area contributed by atoms with E-state index in [1.54, 1.807) is 11.8 Å². The van der Waals surface area contributed by atoms with E-state index in [1.807, 2.05) is 24.0 Å². The molecule has 19 heavy (non-hydrogen) atoms. The molecule has 1 aromatic carbocycles. The van der Waals surface area contributed by atoms with Crippen LogP contribution in [-0.2, 0) is 4.79 Å². The van der Waals surface area contributed by atoms with Crippen molar-refractivity contribution in [2.24, 2.45) is 0 Å². The molecule has 1 aliphatic heterocycles. The maximum atomic E-state index is 12.3. The SMILES string of the molecule is CSc1ccc(NC(C)C(=O)N2CCCCC2)cc1. The fraction of sp³-hybridized carbons (Fsp3) is 0.533. The summed E-state index contributed by atoms with van der Waals surface area (Å²) in [5, 5.41) is 3.29. The molecule has 1 aromatic rings. The number of nitrogens with zero attached hydrogens (tertiary/aromatic N) is 1. The predicted octanol–water partition coefficient (Wildman–Crippen LogP) is 3.22. The summed E-state index contributed by atoms with van der Waals surface area (Å²) in [6.45, 7) is 3.77. The normalized spacial score (nSPS) is 17.1. The molecule has 0 radical (unpaired) electrons. The van der Waals surface area contributed by atoms with Crippen LogP contribution in [0.5, 0.6) is 0 Å². The van der Waals surface area contributed by atoms with Gasteiger partial charge in [-0.1, -0.05) is 0 Å². The molecule has 1 saturated heterocycles. The number of nitrogens with one attached hydrogen (secondary N) is 1. The molecule has 3 nitrogen and oxygen atoms in total. The third kappa shape index (κ3) is 3.90. The van der Waals surface area contributed by atoms with Gasteiger partial charge in [0.05, 0.1) is 0 Å². The van der Waals surface area contributed by atoms with Crippen molar-refractivity contribution in [1.82, 2.24) is 4.90 Å². The van der Waals surface area contributed by atoms with Crippen LogP contribution in [0.25, 0.3) is 0 Å². The summed E-state index contributed by atoms with van der Waals surface area (Å²) in [5.41, 5.74) is 1.01. The smallest absolute Gasteiger partial charge is 0.244 e. The van der Waals surface area contributed by atoms with Crippen LogP contribution < -0.4 is 5.32 Å². The van der Waals surface area contributed by atoms with Crippen molar-refractivity contribution in [3.63, 3.8) is 0 Å². The molecule has 4 heteroatoms. The Morgan fingerprint density at radius 2 is 1.84 bits per heavy atom. The van der Waals surface area contributed by atoms with Gasteiger partial charge < -0.3 is 10.2 Å². The van der Waals surface area contributed by atoms with Crippen LogP contribution in [0.4, 0.5) is 5.69 Å². The summed E-state index contributed by atoms with van der Waals surface area (Å²) in [7, 11) is 0. The van der Waals surface area contributed by atoms with Crippen molar-refractivity contribution < 1.29 is 4.79 Å². The van der Waals surface area contributed by atoms with Gasteiger partial charge in [0.25, 0.3) is 0 Å². The maximum absolute atomic E-state index is 12.3. The highest BCUT2D eigenvalue weighted by Gasteiger charge is 2.21. The van der Waals surface area contributed by atoms with Gasteiger partial charge in [-0.15, -0.1) is 11.8 Å². The number of piperidine rings is 1.